The zero-order valence-electron chi connectivity index (χ0n) is 13.6. The van der Waals surface area contributed by atoms with Crippen LogP contribution in [0, 0.1) is 11.8 Å². The van der Waals surface area contributed by atoms with E-state index in [1.54, 1.807) is 18.2 Å². The lowest BCUT2D eigenvalue weighted by Gasteiger charge is -2.15. The number of imide groups is 1. The van der Waals surface area contributed by atoms with Crippen molar-refractivity contribution in [1.29, 1.82) is 0 Å². The third-order valence-electron chi connectivity index (χ3n) is 4.63. The molecule has 1 aromatic carbocycles. The largest absolute Gasteiger partial charge is 0.366 e. The number of amides is 4. The molecule has 25 heavy (non-hydrogen) atoms. The molecule has 7 nitrogen and oxygen atoms in total. The predicted octanol–water partition coefficient (Wildman–Crippen LogP) is 1.07. The molecule has 2 aliphatic rings. The second-order valence-electron chi connectivity index (χ2n) is 6.19. The fourth-order valence-electron chi connectivity index (χ4n) is 3.32. The average molecular weight is 341 g/mol. The van der Waals surface area contributed by atoms with E-state index >= 15 is 0 Å². The molecule has 0 bridgehead atoms. The van der Waals surface area contributed by atoms with Gasteiger partial charge in [0.15, 0.2) is 0 Å². The Morgan fingerprint density at radius 2 is 1.68 bits per heavy atom. The summed E-state index contributed by atoms with van der Waals surface area (Å²) in [7, 11) is 0. The molecule has 3 N–H and O–H groups in total. The van der Waals surface area contributed by atoms with Crippen LogP contribution in [-0.2, 0) is 14.4 Å². The maximum atomic E-state index is 12.3. The van der Waals surface area contributed by atoms with Gasteiger partial charge in [-0.05, 0) is 25.0 Å². The summed E-state index contributed by atoms with van der Waals surface area (Å²) in [5.74, 6) is -2.03. The molecule has 7 heteroatoms. The van der Waals surface area contributed by atoms with E-state index in [1.807, 2.05) is 12.2 Å². The van der Waals surface area contributed by atoms with Crippen LogP contribution in [-0.4, -0.2) is 35.1 Å². The minimum atomic E-state index is -0.641. The molecule has 1 aliphatic carbocycles. The molecule has 0 saturated carbocycles. The minimum absolute atomic E-state index is 0.0303. The number of anilines is 1. The lowest BCUT2D eigenvalue weighted by atomic mass is 9.85. The third-order valence-corrected chi connectivity index (χ3v) is 4.63. The number of allylic oxidation sites excluding steroid dienone is 2. The summed E-state index contributed by atoms with van der Waals surface area (Å²) in [6, 6.07) is 6.41. The molecule has 1 aromatic rings. The van der Waals surface area contributed by atoms with Gasteiger partial charge in [0.05, 0.1) is 23.1 Å². The van der Waals surface area contributed by atoms with Crippen LogP contribution < -0.4 is 11.1 Å². The van der Waals surface area contributed by atoms with Crippen LogP contribution in [0.2, 0.25) is 0 Å². The number of nitrogens with zero attached hydrogens (tertiary/aromatic N) is 1. The molecule has 4 amide bonds. The molecule has 1 fully saturated rings. The fraction of sp³-hybridized carbons (Fsp3) is 0.333. The van der Waals surface area contributed by atoms with Crippen molar-refractivity contribution in [3.8, 4) is 0 Å². The van der Waals surface area contributed by atoms with E-state index in [9.17, 15) is 19.2 Å². The van der Waals surface area contributed by atoms with Gasteiger partial charge in [0.25, 0.3) is 5.91 Å². The Morgan fingerprint density at radius 1 is 1.08 bits per heavy atom. The number of fused-ring (bicyclic) bond motifs is 1. The smallest absolute Gasteiger partial charge is 0.250 e. The highest BCUT2D eigenvalue weighted by molar-refractivity contribution is 6.06. The molecule has 2 unspecified atom stereocenters. The summed E-state index contributed by atoms with van der Waals surface area (Å²) in [4.78, 5) is 49.4. The van der Waals surface area contributed by atoms with Gasteiger partial charge >= 0.3 is 0 Å². The second-order valence-corrected chi connectivity index (χ2v) is 6.19. The van der Waals surface area contributed by atoms with Crippen molar-refractivity contribution in [2.75, 3.05) is 11.9 Å². The van der Waals surface area contributed by atoms with Gasteiger partial charge in [-0.15, -0.1) is 0 Å². The van der Waals surface area contributed by atoms with Crippen molar-refractivity contribution in [3.63, 3.8) is 0 Å². The maximum Gasteiger partial charge on any atom is 0.250 e. The van der Waals surface area contributed by atoms with Crippen LogP contribution in [0.3, 0.4) is 0 Å². The van der Waals surface area contributed by atoms with Crippen molar-refractivity contribution in [2.24, 2.45) is 17.6 Å². The first kappa shape index (κ1) is 16.9. The zero-order valence-corrected chi connectivity index (χ0v) is 13.6. The Labute approximate surface area is 144 Å². The van der Waals surface area contributed by atoms with E-state index in [1.165, 1.54) is 11.0 Å². The molecular formula is C18H19N3O4. The molecule has 1 saturated heterocycles. The van der Waals surface area contributed by atoms with Gasteiger partial charge in [-0.3, -0.25) is 24.1 Å². The monoisotopic (exact) mass is 341 g/mol. The minimum Gasteiger partial charge on any atom is -0.366 e. The number of primary amides is 1. The first-order valence-electron chi connectivity index (χ1n) is 8.18. The quantitative estimate of drug-likeness (QED) is 0.616. The molecule has 1 heterocycles. The number of carbonyl (C=O) groups is 4. The fourth-order valence-corrected chi connectivity index (χ4v) is 3.32. The Kier molecular flexibility index (Phi) is 4.65. The van der Waals surface area contributed by atoms with Crippen LogP contribution in [0.1, 0.15) is 29.6 Å². The first-order valence-corrected chi connectivity index (χ1v) is 8.18. The lowest BCUT2D eigenvalue weighted by Crippen LogP contribution is -2.34. The van der Waals surface area contributed by atoms with Gasteiger partial charge < -0.3 is 11.1 Å². The number of hydrogen-bond donors (Lipinski definition) is 2. The van der Waals surface area contributed by atoms with E-state index in [2.05, 4.69) is 5.32 Å². The average Bonchev–Trinajstić information content (AvgIpc) is 2.85. The van der Waals surface area contributed by atoms with E-state index in [-0.39, 0.29) is 48.1 Å². The molecule has 130 valence electrons. The van der Waals surface area contributed by atoms with Crippen LogP contribution in [0.5, 0.6) is 0 Å². The van der Waals surface area contributed by atoms with Crippen molar-refractivity contribution in [2.45, 2.75) is 19.3 Å². The summed E-state index contributed by atoms with van der Waals surface area (Å²) < 4.78 is 0. The number of para-hydroxylation sites is 1. The summed E-state index contributed by atoms with van der Waals surface area (Å²) in [5.41, 5.74) is 5.80. The maximum absolute atomic E-state index is 12.3. The van der Waals surface area contributed by atoms with Crippen LogP contribution in [0.15, 0.2) is 36.4 Å². The van der Waals surface area contributed by atoms with Crippen LogP contribution in [0.4, 0.5) is 5.69 Å². The highest BCUT2D eigenvalue weighted by Crippen LogP contribution is 2.35. The molecule has 2 atom stereocenters. The number of hydrogen-bond acceptors (Lipinski definition) is 4. The highest BCUT2D eigenvalue weighted by atomic mass is 16.2. The number of nitrogens with one attached hydrogen (secondary N) is 1. The van der Waals surface area contributed by atoms with Crippen molar-refractivity contribution >= 4 is 29.3 Å². The SMILES string of the molecule is NC(=O)c1ccccc1NC(=O)CCN1C(=O)C2CC=CCC2C1=O. The molecule has 0 aromatic heterocycles. The van der Waals surface area contributed by atoms with E-state index in [0.29, 0.717) is 18.5 Å². The summed E-state index contributed by atoms with van der Waals surface area (Å²) in [6.07, 6.45) is 4.96. The third kappa shape index (κ3) is 3.31. The standard InChI is InChI=1S/C18H19N3O4/c19-16(23)13-7-3-4-8-14(13)20-15(22)9-10-21-17(24)11-5-1-2-6-12(11)18(21)25/h1-4,7-8,11-12H,5-6,9-10H2,(H2,19,23)(H,20,22). The van der Waals surface area contributed by atoms with Crippen molar-refractivity contribution < 1.29 is 19.2 Å². The topological polar surface area (TPSA) is 110 Å². The second kappa shape index (κ2) is 6.88. The number of rotatable bonds is 5. The number of likely N-dealkylation sites (tertiary alicyclic amines) is 1. The van der Waals surface area contributed by atoms with Crippen molar-refractivity contribution in [1.82, 2.24) is 4.90 Å². The van der Waals surface area contributed by atoms with Gasteiger partial charge in [-0.1, -0.05) is 24.3 Å². The van der Waals surface area contributed by atoms with E-state index < -0.39 is 5.91 Å². The van der Waals surface area contributed by atoms with Gasteiger partial charge in [0.1, 0.15) is 0 Å². The Morgan fingerprint density at radius 3 is 2.28 bits per heavy atom. The van der Waals surface area contributed by atoms with Gasteiger partial charge in [-0.2, -0.15) is 0 Å². The summed E-state index contributed by atoms with van der Waals surface area (Å²) >= 11 is 0. The number of benzene rings is 1. The highest BCUT2D eigenvalue weighted by Gasteiger charge is 2.46. The molecular weight excluding hydrogens is 322 g/mol. The predicted molar refractivity (Wildman–Crippen MR) is 90.3 cm³/mol. The number of nitrogens with two attached hydrogens (primary N) is 1. The summed E-state index contributed by atoms with van der Waals surface area (Å²) in [6.45, 7) is 0.0369. The Balaban J connectivity index is 1.61. The van der Waals surface area contributed by atoms with Gasteiger partial charge in [-0.25, -0.2) is 0 Å². The Bertz CT molecular complexity index is 745. The van der Waals surface area contributed by atoms with Gasteiger partial charge in [0, 0.05) is 13.0 Å². The van der Waals surface area contributed by atoms with Crippen LogP contribution >= 0.6 is 0 Å². The lowest BCUT2D eigenvalue weighted by molar-refractivity contribution is -0.140. The first-order chi connectivity index (χ1) is 12.0. The van der Waals surface area contributed by atoms with Gasteiger partial charge in [0.2, 0.25) is 17.7 Å². The normalized spacial score (nSPS) is 22.0. The van der Waals surface area contributed by atoms with Crippen LogP contribution in [0.25, 0.3) is 0 Å². The summed E-state index contributed by atoms with van der Waals surface area (Å²) in [5, 5.41) is 2.61. The molecule has 3 rings (SSSR count). The number of carbonyl (C=O) groups excluding carboxylic acids is 4. The Hall–Kier alpha value is -2.96. The van der Waals surface area contributed by atoms with E-state index in [0.717, 1.165) is 0 Å². The van der Waals surface area contributed by atoms with Crippen molar-refractivity contribution in [3.05, 3.63) is 42.0 Å². The molecule has 0 spiro atoms. The van der Waals surface area contributed by atoms with E-state index in [4.69, 9.17) is 5.73 Å². The zero-order chi connectivity index (χ0) is 18.0. The molecule has 1 aliphatic heterocycles. The molecule has 0 radical (unpaired) electrons.